The van der Waals surface area contributed by atoms with Gasteiger partial charge in [-0.05, 0) is 19.1 Å². The van der Waals surface area contributed by atoms with Crippen molar-refractivity contribution in [2.75, 3.05) is 30.3 Å². The molecule has 0 saturated carbocycles. The summed E-state index contributed by atoms with van der Waals surface area (Å²) in [4.78, 5) is 27.2. The van der Waals surface area contributed by atoms with Crippen LogP contribution in [0.3, 0.4) is 0 Å². The lowest BCUT2D eigenvalue weighted by molar-refractivity contribution is -0.137. The van der Waals surface area contributed by atoms with Crippen LogP contribution in [0.1, 0.15) is 13.2 Å². The molecule has 1 aromatic carbocycles. The number of nitrogens with zero attached hydrogens (tertiary/aromatic N) is 5. The lowest BCUT2D eigenvalue weighted by Crippen LogP contribution is -2.54. The number of nitrogens with two attached hydrogens (primary N) is 1. The molecule has 2 fully saturated rings. The van der Waals surface area contributed by atoms with Crippen LogP contribution in [-0.4, -0.2) is 79.7 Å². The van der Waals surface area contributed by atoms with Gasteiger partial charge in [0.1, 0.15) is 29.6 Å². The zero-order valence-corrected chi connectivity index (χ0v) is 20.0. The molecule has 5 N–H and O–H groups in total. The number of fused-ring (bicyclic) bond motifs is 1. The van der Waals surface area contributed by atoms with Crippen LogP contribution in [0, 0.1) is 0 Å². The second kappa shape index (κ2) is 9.28. The van der Waals surface area contributed by atoms with Crippen molar-refractivity contribution in [2.45, 2.75) is 37.6 Å². The number of carbonyl (C=O) groups is 1. The lowest BCUT2D eigenvalue weighted by atomic mass is 10.1. The molecule has 0 spiro atoms. The van der Waals surface area contributed by atoms with Crippen LogP contribution in [-0.2, 0) is 9.53 Å². The van der Waals surface area contributed by atoms with E-state index in [9.17, 15) is 15.0 Å². The van der Waals surface area contributed by atoms with Crippen molar-refractivity contribution in [3.8, 4) is 5.75 Å². The van der Waals surface area contributed by atoms with E-state index in [1.165, 1.54) is 10.9 Å². The number of benzene rings is 1. The van der Waals surface area contributed by atoms with E-state index in [0.717, 1.165) is 0 Å². The van der Waals surface area contributed by atoms with Crippen molar-refractivity contribution in [3.63, 3.8) is 0 Å². The second-order valence-electron chi connectivity index (χ2n) is 8.28. The van der Waals surface area contributed by atoms with Gasteiger partial charge in [0.15, 0.2) is 23.8 Å². The van der Waals surface area contributed by atoms with Gasteiger partial charge in [0.2, 0.25) is 5.95 Å². The Morgan fingerprint density at radius 2 is 2.03 bits per heavy atom. The molecular weight excluding hydrogens is 501 g/mol. The summed E-state index contributed by atoms with van der Waals surface area (Å²) in [6.07, 6.45) is -3.87. The van der Waals surface area contributed by atoms with E-state index in [1.807, 2.05) is 4.90 Å². The van der Waals surface area contributed by atoms with Crippen LogP contribution in [0.25, 0.3) is 11.2 Å². The van der Waals surface area contributed by atoms with E-state index >= 15 is 0 Å². The summed E-state index contributed by atoms with van der Waals surface area (Å²) < 4.78 is 13.0. The SMILES string of the molecule is CCNC(=O)[C@@H]1O[C@@H](n2cnc3c(N)nc(N4CC(Oc5ccc(Cl)c(Cl)c5)C4)nc32)[C@@H](O)[C@H]1O. The number of ether oxygens (including phenoxy) is 2. The van der Waals surface area contributed by atoms with E-state index in [1.54, 1.807) is 25.1 Å². The van der Waals surface area contributed by atoms with Crippen LogP contribution < -0.4 is 20.7 Å². The Morgan fingerprint density at radius 3 is 2.74 bits per heavy atom. The Labute approximate surface area is 209 Å². The Hall–Kier alpha value is -2.90. The average molecular weight is 524 g/mol. The van der Waals surface area contributed by atoms with Gasteiger partial charge < -0.3 is 35.6 Å². The van der Waals surface area contributed by atoms with Gasteiger partial charge in [0, 0.05) is 12.6 Å². The van der Waals surface area contributed by atoms with E-state index in [0.29, 0.717) is 52.5 Å². The zero-order valence-electron chi connectivity index (χ0n) is 18.5. The molecule has 2 aromatic heterocycles. The van der Waals surface area contributed by atoms with Gasteiger partial charge in [-0.2, -0.15) is 9.97 Å². The van der Waals surface area contributed by atoms with Crippen molar-refractivity contribution < 1.29 is 24.5 Å². The molecule has 35 heavy (non-hydrogen) atoms. The van der Waals surface area contributed by atoms with E-state index in [-0.39, 0.29) is 11.9 Å². The number of aromatic nitrogens is 4. The third-order valence-electron chi connectivity index (χ3n) is 5.88. The monoisotopic (exact) mass is 523 g/mol. The fourth-order valence-electron chi connectivity index (χ4n) is 4.05. The molecular formula is C21H23Cl2N7O5. The number of halogens is 2. The van der Waals surface area contributed by atoms with Gasteiger partial charge >= 0.3 is 0 Å². The second-order valence-corrected chi connectivity index (χ2v) is 9.09. The van der Waals surface area contributed by atoms with Gasteiger partial charge in [0.25, 0.3) is 5.91 Å². The smallest absolute Gasteiger partial charge is 0.252 e. The largest absolute Gasteiger partial charge is 0.487 e. The highest BCUT2D eigenvalue weighted by atomic mass is 35.5. The first-order chi connectivity index (χ1) is 16.8. The number of nitrogens with one attached hydrogen (secondary N) is 1. The van der Waals surface area contributed by atoms with E-state index in [2.05, 4.69) is 20.3 Å². The Balaban J connectivity index is 1.34. The molecule has 4 heterocycles. The first-order valence-corrected chi connectivity index (χ1v) is 11.7. The quantitative estimate of drug-likeness (QED) is 0.362. The van der Waals surface area contributed by atoms with Gasteiger partial charge in [0.05, 0.1) is 29.5 Å². The Bertz CT molecular complexity index is 1270. The van der Waals surface area contributed by atoms with Crippen molar-refractivity contribution in [3.05, 3.63) is 34.6 Å². The standard InChI is InChI=1S/C21H23Cl2N7O5/c1-2-25-19(33)16-14(31)15(32)20(35-16)30-8-26-13-17(24)27-21(28-18(13)30)29-6-10(7-29)34-9-3-4-11(22)12(23)5-9/h3-5,8,10,14-16,20,31-32H,2,6-7H2,1H3,(H,25,33)(H2,24,27,28)/t14-,15+,16-,20-/m1/s1. The number of aliphatic hydroxyl groups is 2. The highest BCUT2D eigenvalue weighted by Crippen LogP contribution is 2.34. The summed E-state index contributed by atoms with van der Waals surface area (Å²) in [6, 6.07) is 5.06. The van der Waals surface area contributed by atoms with Crippen molar-refractivity contribution >= 4 is 52.0 Å². The highest BCUT2D eigenvalue weighted by molar-refractivity contribution is 6.42. The third-order valence-corrected chi connectivity index (χ3v) is 6.62. The van der Waals surface area contributed by atoms with Crippen LogP contribution in [0.2, 0.25) is 10.0 Å². The number of hydrogen-bond acceptors (Lipinski definition) is 10. The summed E-state index contributed by atoms with van der Waals surface area (Å²) in [5.74, 6) is 0.574. The first kappa shape index (κ1) is 23.8. The molecule has 12 nitrogen and oxygen atoms in total. The molecule has 0 aliphatic carbocycles. The maximum absolute atomic E-state index is 12.2. The number of aliphatic hydroxyl groups excluding tert-OH is 2. The molecule has 0 unspecified atom stereocenters. The molecule has 0 bridgehead atoms. The Kier molecular flexibility index (Phi) is 6.32. The van der Waals surface area contributed by atoms with Crippen molar-refractivity contribution in [1.29, 1.82) is 0 Å². The van der Waals surface area contributed by atoms with E-state index < -0.39 is 30.4 Å². The van der Waals surface area contributed by atoms with E-state index in [4.69, 9.17) is 38.4 Å². The Morgan fingerprint density at radius 1 is 1.26 bits per heavy atom. The molecule has 0 radical (unpaired) electrons. The summed E-state index contributed by atoms with van der Waals surface area (Å²) in [5.41, 5.74) is 6.73. The number of amides is 1. The molecule has 14 heteroatoms. The number of rotatable bonds is 6. The number of hydrogen-bond donors (Lipinski definition) is 4. The molecule has 186 valence electrons. The van der Waals surface area contributed by atoms with Crippen LogP contribution in [0.4, 0.5) is 11.8 Å². The van der Waals surface area contributed by atoms with Crippen molar-refractivity contribution in [2.24, 2.45) is 0 Å². The van der Waals surface area contributed by atoms with Crippen LogP contribution in [0.5, 0.6) is 5.75 Å². The van der Waals surface area contributed by atoms with Crippen LogP contribution in [0.15, 0.2) is 24.5 Å². The molecule has 2 aliphatic rings. The minimum absolute atomic E-state index is 0.120. The van der Waals surface area contributed by atoms with Crippen molar-refractivity contribution in [1.82, 2.24) is 24.8 Å². The fraction of sp³-hybridized carbons (Fsp3) is 0.429. The summed E-state index contributed by atoms with van der Waals surface area (Å²) in [7, 11) is 0. The zero-order chi connectivity index (χ0) is 24.9. The minimum Gasteiger partial charge on any atom is -0.487 e. The third kappa shape index (κ3) is 4.32. The van der Waals surface area contributed by atoms with Gasteiger partial charge in [-0.3, -0.25) is 9.36 Å². The van der Waals surface area contributed by atoms with Gasteiger partial charge in [-0.25, -0.2) is 4.98 Å². The predicted octanol–water partition coefficient (Wildman–Crippen LogP) is 0.738. The number of likely N-dealkylation sites (N-methyl/N-ethyl adjacent to an activating group) is 1. The first-order valence-electron chi connectivity index (χ1n) is 10.9. The summed E-state index contributed by atoms with van der Waals surface area (Å²) in [6.45, 7) is 3.10. The molecule has 5 rings (SSSR count). The molecule has 2 saturated heterocycles. The maximum atomic E-state index is 12.2. The lowest BCUT2D eigenvalue weighted by Gasteiger charge is -2.39. The summed E-state index contributed by atoms with van der Waals surface area (Å²) in [5, 5.41) is 24.4. The number of carbonyl (C=O) groups excluding carboxylic acids is 1. The normalized spacial score (nSPS) is 24.5. The van der Waals surface area contributed by atoms with Gasteiger partial charge in [-0.15, -0.1) is 0 Å². The van der Waals surface area contributed by atoms with Crippen LogP contribution >= 0.6 is 23.2 Å². The number of nitrogen functional groups attached to an aromatic ring is 1. The number of anilines is 2. The maximum Gasteiger partial charge on any atom is 0.252 e. The minimum atomic E-state index is -1.42. The summed E-state index contributed by atoms with van der Waals surface area (Å²) >= 11 is 12.0. The predicted molar refractivity (Wildman–Crippen MR) is 127 cm³/mol. The molecule has 1 amide bonds. The topological polar surface area (TPSA) is 161 Å². The average Bonchev–Trinajstić information content (AvgIpc) is 3.34. The number of imidazole rings is 1. The molecule has 3 aromatic rings. The van der Waals surface area contributed by atoms with Gasteiger partial charge in [-0.1, -0.05) is 23.2 Å². The fourth-order valence-corrected chi connectivity index (χ4v) is 4.34. The molecule has 2 aliphatic heterocycles. The highest BCUT2D eigenvalue weighted by Gasteiger charge is 2.47. The molecule has 4 atom stereocenters.